The summed E-state index contributed by atoms with van der Waals surface area (Å²) in [5, 5.41) is 12.3. The van der Waals surface area contributed by atoms with Gasteiger partial charge in [0.15, 0.2) is 0 Å². The van der Waals surface area contributed by atoms with Crippen LogP contribution in [0.4, 0.5) is 5.69 Å². The molecular formula is C16H26N2O. The first-order valence-electron chi connectivity index (χ1n) is 7.50. The van der Waals surface area contributed by atoms with Gasteiger partial charge in [0.25, 0.3) is 0 Å². The first kappa shape index (κ1) is 14.4. The topological polar surface area (TPSA) is 35.5 Å². The minimum Gasteiger partial charge on any atom is -0.395 e. The van der Waals surface area contributed by atoms with Crippen molar-refractivity contribution in [1.82, 2.24) is 5.32 Å². The zero-order chi connectivity index (χ0) is 13.7. The van der Waals surface area contributed by atoms with Gasteiger partial charge < -0.3 is 15.3 Å². The minimum atomic E-state index is 0.224. The van der Waals surface area contributed by atoms with Crippen LogP contribution in [0.25, 0.3) is 0 Å². The number of hydrogen-bond donors (Lipinski definition) is 2. The summed E-state index contributed by atoms with van der Waals surface area (Å²) in [6.45, 7) is 7.57. The first-order chi connectivity index (χ1) is 9.30. The van der Waals surface area contributed by atoms with Crippen molar-refractivity contribution in [2.75, 3.05) is 31.1 Å². The molecule has 3 heteroatoms. The minimum absolute atomic E-state index is 0.224. The number of nitrogens with zero attached hydrogens (tertiary/aromatic N) is 1. The lowest BCUT2D eigenvalue weighted by atomic mass is 10.0. The van der Waals surface area contributed by atoms with Crippen LogP contribution in [0.5, 0.6) is 0 Å². The van der Waals surface area contributed by atoms with Gasteiger partial charge in [0.1, 0.15) is 0 Å². The van der Waals surface area contributed by atoms with Crippen LogP contribution in [0.3, 0.4) is 0 Å². The van der Waals surface area contributed by atoms with Crippen LogP contribution in [0.1, 0.15) is 31.4 Å². The molecule has 19 heavy (non-hydrogen) atoms. The van der Waals surface area contributed by atoms with Gasteiger partial charge in [0.05, 0.1) is 6.61 Å². The molecule has 1 saturated heterocycles. The molecule has 0 aromatic heterocycles. The second-order valence-electron chi connectivity index (χ2n) is 5.24. The number of aryl methyl sites for hydroxylation is 2. The Morgan fingerprint density at radius 3 is 2.53 bits per heavy atom. The van der Waals surface area contributed by atoms with E-state index < -0.39 is 0 Å². The Labute approximate surface area is 116 Å². The van der Waals surface area contributed by atoms with Gasteiger partial charge in [-0.2, -0.15) is 0 Å². The molecule has 1 aromatic rings. The second kappa shape index (κ2) is 6.92. The fourth-order valence-corrected chi connectivity index (χ4v) is 3.02. The quantitative estimate of drug-likeness (QED) is 0.823. The standard InChI is InChI=1S/C16H26N2O/c1-3-13-6-5-7-14(4-2)16(13)18-10-8-15(12-18)17-9-11-19/h5-7,15,17,19H,3-4,8-12H2,1-2H3. The van der Waals surface area contributed by atoms with Crippen LogP contribution in [-0.2, 0) is 12.8 Å². The zero-order valence-corrected chi connectivity index (χ0v) is 12.2. The number of aliphatic hydroxyl groups excluding tert-OH is 1. The Morgan fingerprint density at radius 2 is 1.95 bits per heavy atom. The van der Waals surface area contributed by atoms with Crippen molar-refractivity contribution in [3.63, 3.8) is 0 Å². The average molecular weight is 262 g/mol. The van der Waals surface area contributed by atoms with Crippen LogP contribution in [0, 0.1) is 0 Å². The highest BCUT2D eigenvalue weighted by molar-refractivity contribution is 5.60. The summed E-state index contributed by atoms with van der Waals surface area (Å²) in [4.78, 5) is 2.52. The van der Waals surface area contributed by atoms with E-state index in [0.717, 1.165) is 25.9 Å². The monoisotopic (exact) mass is 262 g/mol. The molecule has 1 unspecified atom stereocenters. The van der Waals surface area contributed by atoms with Crippen molar-refractivity contribution >= 4 is 5.69 Å². The third-order valence-corrected chi connectivity index (χ3v) is 4.01. The summed E-state index contributed by atoms with van der Waals surface area (Å²) in [7, 11) is 0. The number of rotatable bonds is 6. The molecule has 1 aromatic carbocycles. The molecule has 3 nitrogen and oxygen atoms in total. The molecule has 0 aliphatic carbocycles. The normalized spacial score (nSPS) is 19.1. The van der Waals surface area contributed by atoms with Gasteiger partial charge >= 0.3 is 0 Å². The first-order valence-corrected chi connectivity index (χ1v) is 7.50. The molecule has 1 heterocycles. The van der Waals surface area contributed by atoms with Crippen molar-refractivity contribution in [2.45, 2.75) is 39.2 Å². The maximum atomic E-state index is 8.90. The summed E-state index contributed by atoms with van der Waals surface area (Å²) in [6, 6.07) is 7.20. The van der Waals surface area contributed by atoms with E-state index in [1.165, 1.54) is 23.2 Å². The smallest absolute Gasteiger partial charge is 0.0556 e. The molecule has 1 aliphatic heterocycles. The molecule has 2 N–H and O–H groups in total. The molecule has 0 radical (unpaired) electrons. The molecule has 0 bridgehead atoms. The van der Waals surface area contributed by atoms with Crippen molar-refractivity contribution in [3.8, 4) is 0 Å². The maximum Gasteiger partial charge on any atom is 0.0556 e. The highest BCUT2D eigenvalue weighted by Gasteiger charge is 2.24. The lowest BCUT2D eigenvalue weighted by Gasteiger charge is -2.25. The average Bonchev–Trinajstić information content (AvgIpc) is 2.92. The molecule has 106 valence electrons. The van der Waals surface area contributed by atoms with Crippen LogP contribution in [-0.4, -0.2) is 37.4 Å². The van der Waals surface area contributed by atoms with E-state index >= 15 is 0 Å². The SMILES string of the molecule is CCc1cccc(CC)c1N1CCC(NCCO)C1. The molecule has 1 atom stereocenters. The molecule has 0 amide bonds. The number of hydrogen-bond acceptors (Lipinski definition) is 3. The summed E-state index contributed by atoms with van der Waals surface area (Å²) in [6.07, 6.45) is 3.35. The molecule has 0 spiro atoms. The third-order valence-electron chi connectivity index (χ3n) is 4.01. The number of anilines is 1. The third kappa shape index (κ3) is 3.28. The van der Waals surface area contributed by atoms with Gasteiger partial charge in [-0.05, 0) is 30.4 Å². The molecule has 1 fully saturated rings. The Kier molecular flexibility index (Phi) is 5.23. The largest absolute Gasteiger partial charge is 0.395 e. The highest BCUT2D eigenvalue weighted by atomic mass is 16.3. The second-order valence-corrected chi connectivity index (χ2v) is 5.24. The van der Waals surface area contributed by atoms with Gasteiger partial charge in [0.2, 0.25) is 0 Å². The maximum absolute atomic E-state index is 8.90. The lowest BCUT2D eigenvalue weighted by Crippen LogP contribution is -2.34. The van der Waals surface area contributed by atoms with E-state index in [9.17, 15) is 0 Å². The predicted octanol–water partition coefficient (Wildman–Crippen LogP) is 1.97. The Balaban J connectivity index is 2.14. The summed E-state index contributed by atoms with van der Waals surface area (Å²) in [5.41, 5.74) is 4.38. The fraction of sp³-hybridized carbons (Fsp3) is 0.625. The van der Waals surface area contributed by atoms with Gasteiger partial charge in [-0.15, -0.1) is 0 Å². The molecular weight excluding hydrogens is 236 g/mol. The van der Waals surface area contributed by atoms with Gasteiger partial charge in [-0.3, -0.25) is 0 Å². The Hall–Kier alpha value is -1.06. The van der Waals surface area contributed by atoms with Crippen LogP contribution in [0.2, 0.25) is 0 Å². The van der Waals surface area contributed by atoms with Crippen molar-refractivity contribution < 1.29 is 5.11 Å². The lowest BCUT2D eigenvalue weighted by molar-refractivity contribution is 0.286. The number of nitrogens with one attached hydrogen (secondary N) is 1. The highest BCUT2D eigenvalue weighted by Crippen LogP contribution is 2.29. The van der Waals surface area contributed by atoms with E-state index in [0.29, 0.717) is 12.6 Å². The van der Waals surface area contributed by atoms with Gasteiger partial charge in [0, 0.05) is 31.4 Å². The summed E-state index contributed by atoms with van der Waals surface area (Å²) >= 11 is 0. The number of benzene rings is 1. The van der Waals surface area contributed by atoms with E-state index in [2.05, 4.69) is 42.3 Å². The summed E-state index contributed by atoms with van der Waals surface area (Å²) in [5.74, 6) is 0. The Bertz CT molecular complexity index is 383. The molecule has 0 saturated carbocycles. The van der Waals surface area contributed by atoms with Crippen molar-refractivity contribution in [1.29, 1.82) is 0 Å². The van der Waals surface area contributed by atoms with Crippen molar-refractivity contribution in [3.05, 3.63) is 29.3 Å². The predicted molar refractivity (Wildman–Crippen MR) is 80.9 cm³/mol. The van der Waals surface area contributed by atoms with Crippen LogP contribution >= 0.6 is 0 Å². The summed E-state index contributed by atoms with van der Waals surface area (Å²) < 4.78 is 0. The zero-order valence-electron chi connectivity index (χ0n) is 12.2. The van der Waals surface area contributed by atoms with E-state index in [4.69, 9.17) is 5.11 Å². The Morgan fingerprint density at radius 1 is 1.26 bits per heavy atom. The van der Waals surface area contributed by atoms with Crippen LogP contribution in [0.15, 0.2) is 18.2 Å². The molecule has 2 rings (SSSR count). The van der Waals surface area contributed by atoms with Gasteiger partial charge in [-0.25, -0.2) is 0 Å². The van der Waals surface area contributed by atoms with E-state index in [1.807, 2.05) is 0 Å². The number of para-hydroxylation sites is 1. The van der Waals surface area contributed by atoms with Crippen molar-refractivity contribution in [2.24, 2.45) is 0 Å². The number of aliphatic hydroxyl groups is 1. The van der Waals surface area contributed by atoms with Gasteiger partial charge in [-0.1, -0.05) is 32.0 Å². The van der Waals surface area contributed by atoms with E-state index in [1.54, 1.807) is 0 Å². The molecule has 1 aliphatic rings. The van der Waals surface area contributed by atoms with E-state index in [-0.39, 0.29) is 6.61 Å². The van der Waals surface area contributed by atoms with Crippen LogP contribution < -0.4 is 10.2 Å². The fourth-order valence-electron chi connectivity index (χ4n) is 3.02.